The summed E-state index contributed by atoms with van der Waals surface area (Å²) >= 11 is 0. The lowest BCUT2D eigenvalue weighted by Crippen LogP contribution is -2.20. The van der Waals surface area contributed by atoms with Crippen molar-refractivity contribution in [2.24, 2.45) is 0 Å². The first-order chi connectivity index (χ1) is 14.7. The number of nitrogens with one attached hydrogen (secondary N) is 1. The summed E-state index contributed by atoms with van der Waals surface area (Å²) in [5, 5.41) is 17.3. The average molecular weight is 406 g/mol. The van der Waals surface area contributed by atoms with E-state index in [9.17, 15) is 0 Å². The zero-order valence-corrected chi connectivity index (χ0v) is 17.2. The number of ether oxygens (including phenoxy) is 2. The molecule has 0 radical (unpaired) electrons. The van der Waals surface area contributed by atoms with Gasteiger partial charge in [0.15, 0.2) is 5.82 Å². The van der Waals surface area contributed by atoms with Gasteiger partial charge in [0.05, 0.1) is 13.7 Å². The second-order valence-corrected chi connectivity index (χ2v) is 7.00. The highest BCUT2D eigenvalue weighted by molar-refractivity contribution is 5.77. The van der Waals surface area contributed by atoms with Crippen LogP contribution in [-0.4, -0.2) is 40.2 Å². The number of anilines is 1. The molecule has 7 nitrogen and oxygen atoms in total. The van der Waals surface area contributed by atoms with Gasteiger partial charge in [0, 0.05) is 18.7 Å². The van der Waals surface area contributed by atoms with E-state index in [0.717, 1.165) is 28.3 Å². The smallest absolute Gasteiger partial charge is 0.226 e. The molecule has 1 aliphatic heterocycles. The number of hydrogen-bond acceptors (Lipinski definition) is 6. The number of aryl methyl sites for hydroxylation is 1. The van der Waals surface area contributed by atoms with Gasteiger partial charge in [-0.1, -0.05) is 12.1 Å². The Morgan fingerprint density at radius 2 is 1.80 bits per heavy atom. The molecule has 2 heterocycles. The first-order valence-electron chi connectivity index (χ1n) is 10.1. The van der Waals surface area contributed by atoms with Crippen molar-refractivity contribution in [3.8, 4) is 11.5 Å². The first-order valence-corrected chi connectivity index (χ1v) is 10.1. The number of allylic oxidation sites excluding steroid dienone is 1. The number of methoxy groups -OCH3 is 1. The van der Waals surface area contributed by atoms with Crippen LogP contribution in [0.3, 0.4) is 0 Å². The van der Waals surface area contributed by atoms with Crippen molar-refractivity contribution in [3.63, 3.8) is 0 Å². The Kier molecular flexibility index (Phi) is 5.99. The Morgan fingerprint density at radius 3 is 2.47 bits per heavy atom. The fraction of sp³-hybridized carbons (Fsp3) is 0.304. The van der Waals surface area contributed by atoms with Crippen LogP contribution in [0.4, 0.5) is 5.95 Å². The highest BCUT2D eigenvalue weighted by atomic mass is 16.5. The Balaban J connectivity index is 1.71. The predicted molar refractivity (Wildman–Crippen MR) is 116 cm³/mol. The SMILES string of the molecule is CCOc1ccc(C2C=C(c3ccc(OC)cc3)Nc3nc(CCCO)nn32)cc1. The van der Waals surface area contributed by atoms with Crippen molar-refractivity contribution in [2.45, 2.75) is 25.8 Å². The molecule has 3 aromatic rings. The zero-order valence-electron chi connectivity index (χ0n) is 17.2. The molecule has 0 bridgehead atoms. The predicted octanol–water partition coefficient (Wildman–Crippen LogP) is 3.67. The highest BCUT2D eigenvalue weighted by Crippen LogP contribution is 2.33. The number of fused-ring (bicyclic) bond motifs is 1. The summed E-state index contributed by atoms with van der Waals surface area (Å²) in [4.78, 5) is 4.66. The fourth-order valence-electron chi connectivity index (χ4n) is 3.48. The van der Waals surface area contributed by atoms with Crippen LogP contribution in [0.25, 0.3) is 5.70 Å². The molecule has 0 saturated heterocycles. The van der Waals surface area contributed by atoms with Crippen molar-refractivity contribution < 1.29 is 14.6 Å². The minimum Gasteiger partial charge on any atom is -0.497 e. The Bertz CT molecular complexity index is 1010. The third-order valence-corrected chi connectivity index (χ3v) is 5.00. The largest absolute Gasteiger partial charge is 0.497 e. The second-order valence-electron chi connectivity index (χ2n) is 7.00. The number of rotatable bonds is 8. The van der Waals surface area contributed by atoms with Gasteiger partial charge in [0.25, 0.3) is 0 Å². The lowest BCUT2D eigenvalue weighted by atomic mass is 10.0. The summed E-state index contributed by atoms with van der Waals surface area (Å²) in [5.41, 5.74) is 3.09. The summed E-state index contributed by atoms with van der Waals surface area (Å²) in [6.07, 6.45) is 3.41. The van der Waals surface area contributed by atoms with Gasteiger partial charge in [-0.25, -0.2) is 4.68 Å². The molecule has 1 aliphatic rings. The third-order valence-electron chi connectivity index (χ3n) is 5.00. The van der Waals surface area contributed by atoms with Crippen LogP contribution in [0.1, 0.15) is 36.3 Å². The molecule has 156 valence electrons. The van der Waals surface area contributed by atoms with Crippen LogP contribution in [-0.2, 0) is 6.42 Å². The number of aliphatic hydroxyl groups excluding tert-OH is 1. The molecule has 1 unspecified atom stereocenters. The molecule has 2 N–H and O–H groups in total. The van der Waals surface area contributed by atoms with Gasteiger partial charge in [-0.15, -0.1) is 0 Å². The van der Waals surface area contributed by atoms with Crippen molar-refractivity contribution in [3.05, 3.63) is 71.6 Å². The monoisotopic (exact) mass is 406 g/mol. The van der Waals surface area contributed by atoms with Crippen LogP contribution in [0.5, 0.6) is 11.5 Å². The highest BCUT2D eigenvalue weighted by Gasteiger charge is 2.25. The van der Waals surface area contributed by atoms with E-state index in [-0.39, 0.29) is 12.6 Å². The summed E-state index contributed by atoms with van der Waals surface area (Å²) in [5.74, 6) is 3.06. The number of nitrogens with zero attached hydrogens (tertiary/aromatic N) is 3. The molecule has 7 heteroatoms. The summed E-state index contributed by atoms with van der Waals surface area (Å²) in [6.45, 7) is 2.73. The minimum absolute atomic E-state index is 0.107. The molecule has 0 fully saturated rings. The van der Waals surface area contributed by atoms with Crippen LogP contribution in [0, 0.1) is 0 Å². The van der Waals surface area contributed by atoms with Crippen molar-refractivity contribution >= 4 is 11.6 Å². The molecular weight excluding hydrogens is 380 g/mol. The number of aromatic nitrogens is 3. The third kappa shape index (κ3) is 4.16. The van der Waals surface area contributed by atoms with Crippen molar-refractivity contribution in [1.29, 1.82) is 0 Å². The summed E-state index contributed by atoms with van der Waals surface area (Å²) < 4.78 is 12.8. The molecule has 2 aromatic carbocycles. The van der Waals surface area contributed by atoms with Gasteiger partial charge < -0.3 is 19.9 Å². The van der Waals surface area contributed by atoms with Gasteiger partial charge in [-0.2, -0.15) is 10.1 Å². The topological polar surface area (TPSA) is 81.4 Å². The Hall–Kier alpha value is -3.32. The number of aliphatic hydroxyl groups is 1. The van der Waals surface area contributed by atoms with Gasteiger partial charge >= 0.3 is 0 Å². The molecule has 30 heavy (non-hydrogen) atoms. The van der Waals surface area contributed by atoms with E-state index in [4.69, 9.17) is 19.7 Å². The van der Waals surface area contributed by atoms with E-state index >= 15 is 0 Å². The minimum atomic E-state index is -0.107. The van der Waals surface area contributed by atoms with Crippen molar-refractivity contribution in [2.75, 3.05) is 25.6 Å². The molecule has 0 aliphatic carbocycles. The molecule has 1 atom stereocenters. The molecular formula is C23H26N4O3. The quantitative estimate of drug-likeness (QED) is 0.594. The number of hydrogen-bond donors (Lipinski definition) is 2. The fourth-order valence-corrected chi connectivity index (χ4v) is 3.48. The zero-order chi connectivity index (χ0) is 20.9. The molecule has 0 spiro atoms. The van der Waals surface area contributed by atoms with E-state index in [1.165, 1.54) is 0 Å². The molecule has 0 amide bonds. The van der Waals surface area contributed by atoms with Gasteiger partial charge in [0.1, 0.15) is 17.5 Å². The van der Waals surface area contributed by atoms with E-state index in [1.807, 2.05) is 48.0 Å². The van der Waals surface area contributed by atoms with Crippen LogP contribution in [0.15, 0.2) is 54.6 Å². The summed E-state index contributed by atoms with van der Waals surface area (Å²) in [6, 6.07) is 15.9. The van der Waals surface area contributed by atoms with E-state index in [0.29, 0.717) is 31.2 Å². The summed E-state index contributed by atoms with van der Waals surface area (Å²) in [7, 11) is 1.66. The first kappa shape index (κ1) is 20.0. The normalized spacial score (nSPS) is 15.2. The average Bonchev–Trinajstić information content (AvgIpc) is 3.21. The Morgan fingerprint density at radius 1 is 1.07 bits per heavy atom. The van der Waals surface area contributed by atoms with Gasteiger partial charge in [0.2, 0.25) is 5.95 Å². The van der Waals surface area contributed by atoms with E-state index < -0.39 is 0 Å². The lowest BCUT2D eigenvalue weighted by molar-refractivity contribution is 0.287. The van der Waals surface area contributed by atoms with Crippen molar-refractivity contribution in [1.82, 2.24) is 14.8 Å². The van der Waals surface area contributed by atoms with E-state index in [1.54, 1.807) is 7.11 Å². The molecule has 0 saturated carbocycles. The standard InChI is InChI=1S/C23H26N4O3/c1-3-30-19-12-8-17(9-13-19)21-15-20(16-6-10-18(29-2)11-7-16)24-23-25-22(5-4-14-28)26-27(21)23/h6-13,15,21,28H,3-5,14H2,1-2H3,(H,24,25,26). The second kappa shape index (κ2) is 9.00. The lowest BCUT2D eigenvalue weighted by Gasteiger charge is -2.24. The maximum atomic E-state index is 9.15. The van der Waals surface area contributed by atoms with Gasteiger partial charge in [-0.05, 0) is 66.9 Å². The van der Waals surface area contributed by atoms with Crippen LogP contribution in [0.2, 0.25) is 0 Å². The number of benzene rings is 2. The van der Waals surface area contributed by atoms with Crippen LogP contribution < -0.4 is 14.8 Å². The van der Waals surface area contributed by atoms with Crippen LogP contribution >= 0.6 is 0 Å². The van der Waals surface area contributed by atoms with E-state index in [2.05, 4.69) is 28.5 Å². The maximum Gasteiger partial charge on any atom is 0.226 e. The van der Waals surface area contributed by atoms with Gasteiger partial charge in [-0.3, -0.25) is 0 Å². The maximum absolute atomic E-state index is 9.15. The molecule has 4 rings (SSSR count). The Labute approximate surface area is 176 Å². The molecule has 1 aromatic heterocycles.